The molecule has 3 nitrogen and oxygen atoms in total. The monoisotopic (exact) mass is 733 g/mol. The Morgan fingerprint density at radius 3 is 1.15 bits per heavy atom. The zero-order chi connectivity index (χ0) is 34.5. The number of fused-ring (bicyclic) bond motifs is 4. The van der Waals surface area contributed by atoms with E-state index < -0.39 is 0 Å². The van der Waals surface area contributed by atoms with Gasteiger partial charge in [0.25, 0.3) is 0 Å². The van der Waals surface area contributed by atoms with E-state index in [0.29, 0.717) is 11.1 Å². The van der Waals surface area contributed by atoms with Crippen LogP contribution in [0.1, 0.15) is 66.8 Å². The summed E-state index contributed by atoms with van der Waals surface area (Å²) >= 11 is 2.50. The Morgan fingerprint density at radius 1 is 0.479 bits per heavy atom. The average molecular weight is 733 g/mol. The van der Waals surface area contributed by atoms with Gasteiger partial charge >= 0.3 is 0 Å². The number of benzene rings is 5. The third kappa shape index (κ3) is 4.38. The van der Waals surface area contributed by atoms with Crippen LogP contribution in [0.4, 0.5) is 17.1 Å². The molecule has 0 saturated carbocycles. The van der Waals surface area contributed by atoms with Crippen molar-refractivity contribution in [1.82, 2.24) is 0 Å². The molecule has 5 aromatic carbocycles. The summed E-state index contributed by atoms with van der Waals surface area (Å²) in [5.41, 5.74) is 25.5. The van der Waals surface area contributed by atoms with Crippen molar-refractivity contribution in [2.24, 2.45) is 0 Å². The Bertz CT molecular complexity index is 2140. The molecule has 0 bridgehead atoms. The van der Waals surface area contributed by atoms with Crippen molar-refractivity contribution in [3.63, 3.8) is 0 Å². The van der Waals surface area contributed by atoms with Crippen LogP contribution in [0.25, 0.3) is 0 Å². The van der Waals surface area contributed by atoms with Gasteiger partial charge in [-0.2, -0.15) is 10.5 Å². The van der Waals surface area contributed by atoms with Gasteiger partial charge in [-0.15, -0.1) is 0 Å². The highest BCUT2D eigenvalue weighted by molar-refractivity contribution is 14.1. The standard InChI is InChI=1S/C42H38B2IN3/c1-21-23(3)27(7)40(28(8)24(21)4)43-34-15-31(19-46)11-13-38(34)48-39-14-12-32(20-47)16-35(39)44(37-18-33(45)17-36(43)42(37)48)41-29(9)25(5)22(2)26(6)30(41)10/h11-18H,1-10H3. The van der Waals surface area contributed by atoms with Crippen molar-refractivity contribution in [2.45, 2.75) is 69.2 Å². The predicted molar refractivity (Wildman–Crippen MR) is 213 cm³/mol. The summed E-state index contributed by atoms with van der Waals surface area (Å²) in [6.45, 7) is 22.5. The van der Waals surface area contributed by atoms with E-state index >= 15 is 0 Å². The van der Waals surface area contributed by atoms with Crippen LogP contribution in [0.5, 0.6) is 0 Å². The molecule has 2 heterocycles. The fraction of sp³-hybridized carbons (Fsp3) is 0.238. The van der Waals surface area contributed by atoms with Crippen LogP contribution in [0.3, 0.4) is 0 Å². The highest BCUT2D eigenvalue weighted by atomic mass is 127. The first-order valence-electron chi connectivity index (χ1n) is 16.7. The fourth-order valence-electron chi connectivity index (χ4n) is 8.71. The van der Waals surface area contributed by atoms with E-state index in [0.717, 1.165) is 22.3 Å². The molecular formula is C42H38B2IN3. The minimum atomic E-state index is -0.0460. The van der Waals surface area contributed by atoms with E-state index in [2.05, 4.69) is 145 Å². The van der Waals surface area contributed by atoms with E-state index in [1.54, 1.807) is 0 Å². The van der Waals surface area contributed by atoms with Gasteiger partial charge in [0, 0.05) is 20.6 Å². The van der Waals surface area contributed by atoms with E-state index in [9.17, 15) is 10.5 Å². The van der Waals surface area contributed by atoms with Crippen molar-refractivity contribution in [3.05, 3.63) is 119 Å². The van der Waals surface area contributed by atoms with Crippen LogP contribution in [-0.4, -0.2) is 13.4 Å². The maximum Gasteiger partial charge on any atom is 0.247 e. The van der Waals surface area contributed by atoms with E-state index in [4.69, 9.17) is 0 Å². The van der Waals surface area contributed by atoms with Gasteiger partial charge < -0.3 is 4.90 Å². The van der Waals surface area contributed by atoms with Crippen LogP contribution in [0, 0.1) is 95.5 Å². The Morgan fingerprint density at radius 2 is 0.812 bits per heavy atom. The topological polar surface area (TPSA) is 50.8 Å². The number of nitrogens with zero attached hydrogens (tertiary/aromatic N) is 3. The average Bonchev–Trinajstić information content (AvgIpc) is 3.09. The first-order valence-corrected chi connectivity index (χ1v) is 17.7. The third-order valence-corrected chi connectivity index (χ3v) is 12.7. The second-order valence-corrected chi connectivity index (χ2v) is 15.2. The molecule has 234 valence electrons. The predicted octanol–water partition coefficient (Wildman–Crippen LogP) is 6.25. The number of anilines is 3. The maximum absolute atomic E-state index is 10.1. The summed E-state index contributed by atoms with van der Waals surface area (Å²) in [5, 5.41) is 20.3. The molecule has 7 rings (SSSR count). The minimum absolute atomic E-state index is 0.0460. The van der Waals surface area contributed by atoms with Crippen LogP contribution in [-0.2, 0) is 0 Å². The summed E-state index contributed by atoms with van der Waals surface area (Å²) in [5.74, 6) is 0. The van der Waals surface area contributed by atoms with Crippen molar-refractivity contribution in [3.8, 4) is 12.1 Å². The molecule has 0 radical (unpaired) electrons. The quantitative estimate of drug-likeness (QED) is 0.156. The van der Waals surface area contributed by atoms with Gasteiger partial charge in [0.15, 0.2) is 0 Å². The molecule has 2 aliphatic heterocycles. The largest absolute Gasteiger partial charge is 0.313 e. The first-order chi connectivity index (χ1) is 22.8. The van der Waals surface area contributed by atoms with Crippen molar-refractivity contribution in [1.29, 1.82) is 10.5 Å². The Kier molecular flexibility index (Phi) is 7.69. The molecule has 0 spiro atoms. The SMILES string of the molecule is Cc1c(C)c(C)c(B2c3cc(C#N)ccc3N3c4ccc(C#N)cc4B(c4c(C)c(C)c(C)c(C)c4C)c4cc(I)cc2c43)c(C)c1C. The van der Waals surface area contributed by atoms with E-state index in [1.165, 1.54) is 86.7 Å². The van der Waals surface area contributed by atoms with Gasteiger partial charge in [-0.25, -0.2) is 0 Å². The molecule has 0 saturated heterocycles. The number of nitriles is 2. The number of halogens is 1. The van der Waals surface area contributed by atoms with Gasteiger partial charge in [0.2, 0.25) is 13.4 Å². The molecule has 0 unspecified atom stereocenters. The molecule has 48 heavy (non-hydrogen) atoms. The van der Waals surface area contributed by atoms with E-state index in [1.807, 2.05) is 12.1 Å². The lowest BCUT2D eigenvalue weighted by atomic mass is 9.29. The number of rotatable bonds is 2. The van der Waals surface area contributed by atoms with Crippen molar-refractivity contribution < 1.29 is 0 Å². The Hall–Kier alpha value is -4.26. The molecule has 0 N–H and O–H groups in total. The lowest BCUT2D eigenvalue weighted by Gasteiger charge is -2.45. The molecule has 0 amide bonds. The minimum Gasteiger partial charge on any atom is -0.313 e. The van der Waals surface area contributed by atoms with Gasteiger partial charge in [-0.1, -0.05) is 45.3 Å². The van der Waals surface area contributed by atoms with Crippen LogP contribution in [0.15, 0.2) is 48.5 Å². The molecule has 0 fully saturated rings. The molecule has 0 aliphatic carbocycles. The van der Waals surface area contributed by atoms with E-state index in [-0.39, 0.29) is 13.4 Å². The summed E-state index contributed by atoms with van der Waals surface area (Å²) < 4.78 is 1.18. The highest BCUT2D eigenvalue weighted by Crippen LogP contribution is 2.39. The molecule has 5 aromatic rings. The molecule has 0 atom stereocenters. The second kappa shape index (κ2) is 11.4. The van der Waals surface area contributed by atoms with Gasteiger partial charge in [0.05, 0.1) is 23.3 Å². The Labute approximate surface area is 299 Å². The smallest absolute Gasteiger partial charge is 0.247 e. The summed E-state index contributed by atoms with van der Waals surface area (Å²) in [6.07, 6.45) is 0. The summed E-state index contributed by atoms with van der Waals surface area (Å²) in [6, 6.07) is 22.0. The zero-order valence-corrected chi connectivity index (χ0v) is 31.7. The van der Waals surface area contributed by atoms with Gasteiger partial charge in [0.1, 0.15) is 0 Å². The normalized spacial score (nSPS) is 12.7. The van der Waals surface area contributed by atoms with Crippen LogP contribution in [0.2, 0.25) is 0 Å². The third-order valence-electron chi connectivity index (χ3n) is 12.1. The van der Waals surface area contributed by atoms with Gasteiger partial charge in [-0.05, 0) is 183 Å². The molecule has 0 aromatic heterocycles. The summed E-state index contributed by atoms with van der Waals surface area (Å²) in [7, 11) is 0. The van der Waals surface area contributed by atoms with Crippen molar-refractivity contribution >= 4 is 85.9 Å². The van der Waals surface area contributed by atoms with Crippen molar-refractivity contribution in [2.75, 3.05) is 4.90 Å². The van der Waals surface area contributed by atoms with Crippen LogP contribution < -0.4 is 37.7 Å². The molecular weight excluding hydrogens is 695 g/mol. The Balaban J connectivity index is 1.68. The molecule has 2 aliphatic rings. The van der Waals surface area contributed by atoms with Gasteiger partial charge in [-0.3, -0.25) is 0 Å². The highest BCUT2D eigenvalue weighted by Gasteiger charge is 2.45. The summed E-state index contributed by atoms with van der Waals surface area (Å²) in [4.78, 5) is 2.43. The zero-order valence-electron chi connectivity index (χ0n) is 29.5. The maximum atomic E-state index is 10.1. The van der Waals surface area contributed by atoms with Crippen LogP contribution >= 0.6 is 22.6 Å². The fourth-order valence-corrected chi connectivity index (χ4v) is 9.38. The second-order valence-electron chi connectivity index (χ2n) is 14.0. The lowest BCUT2D eigenvalue weighted by molar-refractivity contribution is 1.19. The number of hydrogen-bond donors (Lipinski definition) is 0. The first kappa shape index (κ1) is 32.3. The molecule has 6 heteroatoms. The lowest BCUT2D eigenvalue weighted by Crippen LogP contribution is -2.66. The number of hydrogen-bond acceptors (Lipinski definition) is 3.